The first kappa shape index (κ1) is 18.1. The van der Waals surface area contributed by atoms with Crippen LogP contribution in [-0.2, 0) is 6.54 Å². The van der Waals surface area contributed by atoms with Gasteiger partial charge in [-0.15, -0.1) is 12.4 Å². The van der Waals surface area contributed by atoms with Crippen molar-refractivity contribution >= 4 is 12.4 Å². The number of piperidine rings is 1. The zero-order valence-corrected chi connectivity index (χ0v) is 14.0. The van der Waals surface area contributed by atoms with Gasteiger partial charge in [-0.1, -0.05) is 6.07 Å². The minimum atomic E-state index is 0. The van der Waals surface area contributed by atoms with Crippen LogP contribution in [0.1, 0.15) is 18.4 Å². The minimum Gasteiger partial charge on any atom is -0.497 e. The summed E-state index contributed by atoms with van der Waals surface area (Å²) < 4.78 is 10.7. The van der Waals surface area contributed by atoms with Crippen molar-refractivity contribution in [3.8, 4) is 11.5 Å². The van der Waals surface area contributed by atoms with Crippen LogP contribution in [0, 0.1) is 5.92 Å². The summed E-state index contributed by atoms with van der Waals surface area (Å²) in [7, 11) is 5.44. The number of hydrogen-bond acceptors (Lipinski definition) is 4. The molecule has 0 aliphatic carbocycles. The Hall–Kier alpha value is -0.970. The third-order valence-electron chi connectivity index (χ3n) is 3.98. The number of likely N-dealkylation sites (tertiary alicyclic amines) is 1. The van der Waals surface area contributed by atoms with E-state index in [-0.39, 0.29) is 12.4 Å². The zero-order valence-electron chi connectivity index (χ0n) is 13.2. The lowest BCUT2D eigenvalue weighted by Crippen LogP contribution is -2.38. The first-order valence-electron chi connectivity index (χ1n) is 7.34. The summed E-state index contributed by atoms with van der Waals surface area (Å²) in [5, 5.41) is 3.29. The third kappa shape index (κ3) is 5.06. The molecule has 120 valence electrons. The van der Waals surface area contributed by atoms with Crippen LogP contribution < -0.4 is 14.8 Å². The molecule has 21 heavy (non-hydrogen) atoms. The minimum absolute atomic E-state index is 0. The van der Waals surface area contributed by atoms with Crippen molar-refractivity contribution in [2.24, 2.45) is 5.92 Å². The van der Waals surface area contributed by atoms with Crippen molar-refractivity contribution < 1.29 is 9.47 Å². The highest BCUT2D eigenvalue weighted by atomic mass is 35.5. The maximum Gasteiger partial charge on any atom is 0.127 e. The van der Waals surface area contributed by atoms with E-state index in [1.54, 1.807) is 14.2 Å². The molecule has 1 aliphatic heterocycles. The van der Waals surface area contributed by atoms with Gasteiger partial charge in [0.05, 0.1) is 14.2 Å². The van der Waals surface area contributed by atoms with E-state index in [2.05, 4.69) is 16.3 Å². The molecule has 1 atom stereocenters. The molecule has 1 heterocycles. The van der Waals surface area contributed by atoms with Gasteiger partial charge in [-0.3, -0.25) is 4.90 Å². The van der Waals surface area contributed by atoms with E-state index in [0.29, 0.717) is 0 Å². The van der Waals surface area contributed by atoms with Gasteiger partial charge in [-0.2, -0.15) is 0 Å². The van der Waals surface area contributed by atoms with Gasteiger partial charge >= 0.3 is 0 Å². The summed E-state index contributed by atoms with van der Waals surface area (Å²) in [6, 6.07) is 6.08. The normalized spacial score (nSPS) is 18.9. The van der Waals surface area contributed by atoms with Gasteiger partial charge in [0.2, 0.25) is 0 Å². The van der Waals surface area contributed by atoms with Gasteiger partial charge in [0.1, 0.15) is 11.5 Å². The number of hydrogen-bond donors (Lipinski definition) is 1. The molecule has 1 aromatic rings. The molecular formula is C16H27ClN2O2. The first-order chi connectivity index (χ1) is 9.76. The number of halogens is 1. The van der Waals surface area contributed by atoms with Gasteiger partial charge in [-0.05, 0) is 45.0 Å². The van der Waals surface area contributed by atoms with E-state index in [0.717, 1.165) is 37.1 Å². The Morgan fingerprint density at radius 1 is 1.29 bits per heavy atom. The molecule has 0 spiro atoms. The van der Waals surface area contributed by atoms with Crippen LogP contribution in [0.3, 0.4) is 0 Å². The zero-order chi connectivity index (χ0) is 14.4. The molecule has 1 saturated heterocycles. The molecule has 0 saturated carbocycles. The lowest BCUT2D eigenvalue weighted by molar-refractivity contribution is 0.165. The van der Waals surface area contributed by atoms with Gasteiger partial charge in [0.25, 0.3) is 0 Å². The van der Waals surface area contributed by atoms with Crippen LogP contribution >= 0.6 is 12.4 Å². The van der Waals surface area contributed by atoms with Gasteiger partial charge in [0, 0.05) is 24.7 Å². The molecule has 1 aliphatic rings. The molecule has 0 radical (unpaired) electrons. The maximum absolute atomic E-state index is 5.48. The third-order valence-corrected chi connectivity index (χ3v) is 3.98. The van der Waals surface area contributed by atoms with Crippen LogP contribution in [0.15, 0.2) is 18.2 Å². The van der Waals surface area contributed by atoms with Crippen LogP contribution in [0.4, 0.5) is 0 Å². The number of rotatable bonds is 6. The fourth-order valence-corrected chi connectivity index (χ4v) is 2.97. The largest absolute Gasteiger partial charge is 0.497 e. The molecule has 1 N–H and O–H groups in total. The van der Waals surface area contributed by atoms with E-state index < -0.39 is 0 Å². The standard InChI is InChI=1S/C16H26N2O2.ClH/c1-17-10-13-5-4-8-18(11-13)12-14-6-7-15(19-2)9-16(14)20-3;/h6-7,9,13,17H,4-5,8,10-12H2,1-3H3;1H. The fraction of sp³-hybridized carbons (Fsp3) is 0.625. The fourth-order valence-electron chi connectivity index (χ4n) is 2.97. The second-order valence-electron chi connectivity index (χ2n) is 5.48. The van der Waals surface area contributed by atoms with Crippen LogP contribution in [0.2, 0.25) is 0 Å². The Kier molecular flexibility index (Phi) is 7.86. The molecule has 1 unspecified atom stereocenters. The Bertz CT molecular complexity index is 427. The van der Waals surface area contributed by atoms with Crippen molar-refractivity contribution in [2.45, 2.75) is 19.4 Å². The molecule has 0 aromatic heterocycles. The second kappa shape index (κ2) is 9.13. The first-order valence-corrected chi connectivity index (χ1v) is 7.34. The van der Waals surface area contributed by atoms with E-state index in [1.165, 1.54) is 24.9 Å². The second-order valence-corrected chi connectivity index (χ2v) is 5.48. The summed E-state index contributed by atoms with van der Waals surface area (Å²) >= 11 is 0. The Balaban J connectivity index is 0.00000220. The van der Waals surface area contributed by atoms with Crippen LogP contribution in [0.25, 0.3) is 0 Å². The summed E-state index contributed by atoms with van der Waals surface area (Å²) in [5.74, 6) is 2.52. The molecule has 0 amide bonds. The number of nitrogens with one attached hydrogen (secondary N) is 1. The van der Waals surface area contributed by atoms with E-state index in [1.807, 2.05) is 19.2 Å². The smallest absolute Gasteiger partial charge is 0.127 e. The monoisotopic (exact) mass is 314 g/mol. The highest BCUT2D eigenvalue weighted by Gasteiger charge is 2.20. The Morgan fingerprint density at radius 2 is 2.10 bits per heavy atom. The number of nitrogens with zero attached hydrogens (tertiary/aromatic N) is 1. The summed E-state index contributed by atoms with van der Waals surface area (Å²) in [4.78, 5) is 2.52. The molecule has 0 bridgehead atoms. The topological polar surface area (TPSA) is 33.7 Å². The maximum atomic E-state index is 5.48. The van der Waals surface area contributed by atoms with Gasteiger partial charge in [0.15, 0.2) is 0 Å². The Labute approximate surface area is 134 Å². The van der Waals surface area contributed by atoms with Crippen molar-refractivity contribution in [1.29, 1.82) is 0 Å². The Morgan fingerprint density at radius 3 is 2.76 bits per heavy atom. The SMILES string of the molecule is CNCC1CCCN(Cc2ccc(OC)cc2OC)C1.Cl. The molecule has 2 rings (SSSR count). The average Bonchev–Trinajstić information content (AvgIpc) is 2.48. The van der Waals surface area contributed by atoms with Crippen molar-refractivity contribution in [2.75, 3.05) is 40.9 Å². The van der Waals surface area contributed by atoms with Crippen LogP contribution in [0.5, 0.6) is 11.5 Å². The van der Waals surface area contributed by atoms with Crippen molar-refractivity contribution in [1.82, 2.24) is 10.2 Å². The number of benzene rings is 1. The van der Waals surface area contributed by atoms with E-state index in [4.69, 9.17) is 9.47 Å². The van der Waals surface area contributed by atoms with Crippen molar-refractivity contribution in [3.05, 3.63) is 23.8 Å². The predicted octanol–water partition coefficient (Wildman–Crippen LogP) is 2.56. The van der Waals surface area contributed by atoms with E-state index >= 15 is 0 Å². The quantitative estimate of drug-likeness (QED) is 0.875. The molecule has 1 fully saturated rings. The van der Waals surface area contributed by atoms with Crippen LogP contribution in [-0.4, -0.2) is 45.8 Å². The lowest BCUT2D eigenvalue weighted by atomic mass is 9.97. The summed E-state index contributed by atoms with van der Waals surface area (Å²) in [6.45, 7) is 4.40. The van der Waals surface area contributed by atoms with Crippen molar-refractivity contribution in [3.63, 3.8) is 0 Å². The van der Waals surface area contributed by atoms with E-state index in [9.17, 15) is 0 Å². The number of methoxy groups -OCH3 is 2. The molecule has 5 heteroatoms. The highest BCUT2D eigenvalue weighted by molar-refractivity contribution is 5.85. The number of ether oxygens (including phenoxy) is 2. The molecular weight excluding hydrogens is 288 g/mol. The summed E-state index contributed by atoms with van der Waals surface area (Å²) in [6.07, 6.45) is 2.61. The predicted molar refractivity (Wildman–Crippen MR) is 88.7 cm³/mol. The summed E-state index contributed by atoms with van der Waals surface area (Å²) in [5.41, 5.74) is 1.23. The highest BCUT2D eigenvalue weighted by Crippen LogP contribution is 2.27. The molecule has 1 aromatic carbocycles. The lowest BCUT2D eigenvalue weighted by Gasteiger charge is -2.33. The van der Waals surface area contributed by atoms with Gasteiger partial charge < -0.3 is 14.8 Å². The average molecular weight is 315 g/mol. The molecule has 4 nitrogen and oxygen atoms in total. The van der Waals surface area contributed by atoms with Gasteiger partial charge in [-0.25, -0.2) is 0 Å².